The van der Waals surface area contributed by atoms with Gasteiger partial charge in [-0.2, -0.15) is 0 Å². The Kier molecular flexibility index (Phi) is 6.55. The van der Waals surface area contributed by atoms with Crippen molar-refractivity contribution < 1.29 is 9.53 Å². The first kappa shape index (κ1) is 23.1. The minimum Gasteiger partial charge on any atom is -0.497 e. The summed E-state index contributed by atoms with van der Waals surface area (Å²) < 4.78 is 7.81. The number of hydrogen-bond donors (Lipinski definition) is 1. The molecule has 0 saturated carbocycles. The molecule has 4 aromatic rings. The number of aryl methyl sites for hydroxylation is 1. The van der Waals surface area contributed by atoms with Crippen molar-refractivity contribution in [2.75, 3.05) is 18.6 Å². The van der Waals surface area contributed by atoms with Crippen LogP contribution in [0.5, 0.6) is 5.75 Å². The quantitative estimate of drug-likeness (QED) is 0.382. The average Bonchev–Trinajstić information content (AvgIpc) is 3.11. The van der Waals surface area contributed by atoms with Gasteiger partial charge in [0.2, 0.25) is 5.91 Å². The highest BCUT2D eigenvalue weighted by atomic mass is 79.9. The van der Waals surface area contributed by atoms with Crippen LogP contribution in [0.3, 0.4) is 0 Å². The molecule has 2 aromatic carbocycles. The molecule has 178 valence electrons. The molecule has 1 N–H and O–H groups in total. The minimum absolute atomic E-state index is 0.0164. The van der Waals surface area contributed by atoms with Crippen LogP contribution < -0.4 is 15.2 Å². The van der Waals surface area contributed by atoms with Crippen LogP contribution in [0.2, 0.25) is 0 Å². The molecule has 5 rings (SSSR count). The number of anilines is 1. The molecule has 0 fully saturated rings. The second-order valence-electron chi connectivity index (χ2n) is 8.45. The predicted molar refractivity (Wildman–Crippen MR) is 139 cm³/mol. The van der Waals surface area contributed by atoms with Crippen molar-refractivity contribution >= 4 is 27.7 Å². The number of nitrogens with zero attached hydrogens (tertiary/aromatic N) is 3. The third-order valence-electron chi connectivity index (χ3n) is 6.28. The summed E-state index contributed by atoms with van der Waals surface area (Å²) in [6.45, 7) is 0.407. The highest BCUT2D eigenvalue weighted by Gasteiger charge is 2.28. The van der Waals surface area contributed by atoms with Gasteiger partial charge < -0.3 is 4.74 Å². The van der Waals surface area contributed by atoms with Gasteiger partial charge in [0.05, 0.1) is 18.5 Å². The number of ether oxygens (including phenoxy) is 1. The van der Waals surface area contributed by atoms with E-state index < -0.39 is 0 Å². The number of nitrogens with one attached hydrogen (secondary N) is 1. The maximum absolute atomic E-state index is 13.3. The normalized spacial score (nSPS) is 12.6. The zero-order chi connectivity index (χ0) is 24.4. The fourth-order valence-corrected chi connectivity index (χ4v) is 4.71. The Labute approximate surface area is 211 Å². The van der Waals surface area contributed by atoms with Gasteiger partial charge in [-0.3, -0.25) is 19.6 Å². The van der Waals surface area contributed by atoms with Crippen molar-refractivity contribution in [3.8, 4) is 22.7 Å². The van der Waals surface area contributed by atoms with Gasteiger partial charge in [0.1, 0.15) is 11.6 Å². The van der Waals surface area contributed by atoms with Crippen LogP contribution in [-0.4, -0.2) is 34.3 Å². The minimum atomic E-state index is -0.121. The van der Waals surface area contributed by atoms with Gasteiger partial charge in [0, 0.05) is 34.8 Å². The van der Waals surface area contributed by atoms with Crippen LogP contribution in [0.4, 0.5) is 5.82 Å². The van der Waals surface area contributed by atoms with Crippen molar-refractivity contribution in [1.29, 1.82) is 0 Å². The van der Waals surface area contributed by atoms with Gasteiger partial charge in [-0.15, -0.1) is 0 Å². The number of hydrogen-bond acceptors (Lipinski definition) is 4. The summed E-state index contributed by atoms with van der Waals surface area (Å²) in [7, 11) is 1.61. The Morgan fingerprint density at radius 2 is 1.89 bits per heavy atom. The summed E-state index contributed by atoms with van der Waals surface area (Å²) in [5.41, 5.74) is 3.91. The van der Waals surface area contributed by atoms with E-state index in [9.17, 15) is 9.59 Å². The smallest absolute Gasteiger partial charge is 0.275 e. The number of benzene rings is 2. The number of methoxy groups -OCH3 is 1. The Morgan fingerprint density at radius 3 is 2.63 bits per heavy atom. The van der Waals surface area contributed by atoms with E-state index in [1.807, 2.05) is 48.5 Å². The fraction of sp³-hybridized carbons (Fsp3) is 0.222. The number of pyridine rings is 1. The van der Waals surface area contributed by atoms with Crippen molar-refractivity contribution in [1.82, 2.24) is 14.8 Å². The number of fused-ring (bicyclic) bond motifs is 3. The third kappa shape index (κ3) is 4.66. The summed E-state index contributed by atoms with van der Waals surface area (Å²) in [4.78, 5) is 32.8. The van der Waals surface area contributed by atoms with Gasteiger partial charge in [0.15, 0.2) is 0 Å². The third-order valence-corrected chi connectivity index (χ3v) is 6.81. The molecule has 0 radical (unpaired) electrons. The molecular formula is C27H25BrN4O3. The van der Waals surface area contributed by atoms with Crippen LogP contribution in [0, 0.1) is 0 Å². The SMILES string of the molecule is COc1ccc(-n2[nH]c3c(c2=O)CCN(C(=O)CCCc2ccc(Br)cc2)c2ncccc2-3)cc1. The fourth-order valence-electron chi connectivity index (χ4n) is 4.45. The highest BCUT2D eigenvalue weighted by molar-refractivity contribution is 9.10. The molecule has 0 bridgehead atoms. The van der Waals surface area contributed by atoms with Crippen molar-refractivity contribution in [2.24, 2.45) is 0 Å². The first-order chi connectivity index (χ1) is 17.0. The first-order valence-corrected chi connectivity index (χ1v) is 12.3. The van der Waals surface area contributed by atoms with Gasteiger partial charge in [0.25, 0.3) is 5.56 Å². The van der Waals surface area contributed by atoms with E-state index in [2.05, 4.69) is 38.1 Å². The molecule has 3 heterocycles. The lowest BCUT2D eigenvalue weighted by atomic mass is 10.1. The molecule has 1 amide bonds. The zero-order valence-electron chi connectivity index (χ0n) is 19.3. The lowest BCUT2D eigenvalue weighted by Gasteiger charge is -2.21. The first-order valence-electron chi connectivity index (χ1n) is 11.5. The number of amides is 1. The van der Waals surface area contributed by atoms with Crippen LogP contribution in [0.1, 0.15) is 24.0 Å². The lowest BCUT2D eigenvalue weighted by molar-refractivity contribution is -0.118. The van der Waals surface area contributed by atoms with E-state index in [1.54, 1.807) is 18.2 Å². The molecule has 7 nitrogen and oxygen atoms in total. The number of carbonyl (C=O) groups is 1. The Bertz CT molecular complexity index is 1410. The average molecular weight is 533 g/mol. The number of rotatable bonds is 6. The summed E-state index contributed by atoms with van der Waals surface area (Å²) in [6.07, 6.45) is 4.12. The van der Waals surface area contributed by atoms with E-state index in [1.165, 1.54) is 10.2 Å². The molecule has 1 aliphatic rings. The molecule has 0 unspecified atom stereocenters. The molecule has 1 aliphatic heterocycles. The van der Waals surface area contributed by atoms with Gasteiger partial charge in [-0.05, 0) is 73.4 Å². The van der Waals surface area contributed by atoms with Crippen molar-refractivity contribution in [2.45, 2.75) is 25.7 Å². The van der Waals surface area contributed by atoms with Crippen LogP contribution >= 0.6 is 15.9 Å². The number of H-pyrrole nitrogens is 1. The predicted octanol–water partition coefficient (Wildman–Crippen LogP) is 4.91. The Hall–Kier alpha value is -3.65. The molecule has 0 spiro atoms. The van der Waals surface area contributed by atoms with Crippen LogP contribution in [-0.2, 0) is 17.6 Å². The zero-order valence-corrected chi connectivity index (χ0v) is 20.9. The summed E-state index contributed by atoms with van der Waals surface area (Å²) >= 11 is 3.45. The maximum atomic E-state index is 13.3. The lowest BCUT2D eigenvalue weighted by Crippen LogP contribution is -2.33. The van der Waals surface area contributed by atoms with E-state index in [0.29, 0.717) is 36.5 Å². The van der Waals surface area contributed by atoms with Gasteiger partial charge >= 0.3 is 0 Å². The maximum Gasteiger partial charge on any atom is 0.275 e. The molecule has 0 aliphatic carbocycles. The second kappa shape index (κ2) is 9.92. The molecule has 35 heavy (non-hydrogen) atoms. The summed E-state index contributed by atoms with van der Waals surface area (Å²) in [6, 6.07) is 19.2. The number of halogens is 1. The topological polar surface area (TPSA) is 80.2 Å². The number of carbonyl (C=O) groups excluding carboxylic acids is 1. The molecule has 0 atom stereocenters. The molecule has 0 saturated heterocycles. The van der Waals surface area contributed by atoms with Gasteiger partial charge in [-0.25, -0.2) is 9.67 Å². The summed E-state index contributed by atoms with van der Waals surface area (Å²) in [5.74, 6) is 1.32. The molecular weight excluding hydrogens is 508 g/mol. The molecule has 8 heteroatoms. The van der Waals surface area contributed by atoms with E-state index in [0.717, 1.165) is 34.3 Å². The number of aromatic amines is 1. The van der Waals surface area contributed by atoms with Crippen molar-refractivity contribution in [3.05, 3.63) is 92.8 Å². The van der Waals surface area contributed by atoms with Crippen LogP contribution in [0.15, 0.2) is 76.1 Å². The monoisotopic (exact) mass is 532 g/mol. The van der Waals surface area contributed by atoms with E-state index >= 15 is 0 Å². The molecule has 2 aromatic heterocycles. The largest absolute Gasteiger partial charge is 0.497 e. The van der Waals surface area contributed by atoms with Gasteiger partial charge in [-0.1, -0.05) is 28.1 Å². The standard InChI is InChI=1S/C27H25BrN4O3/c1-35-21-13-11-20(12-14-21)32-27(34)23-15-17-31(26-22(25(23)30-32)5-3-16-29-26)24(33)6-2-4-18-7-9-19(28)10-8-18/h3,5,7-14,16,30H,2,4,6,15,17H2,1H3. The second-order valence-corrected chi connectivity index (χ2v) is 9.37. The Balaban J connectivity index is 1.40. The Morgan fingerprint density at radius 1 is 1.11 bits per heavy atom. The van der Waals surface area contributed by atoms with E-state index in [4.69, 9.17) is 4.74 Å². The summed E-state index contributed by atoms with van der Waals surface area (Å²) in [5, 5.41) is 3.26. The van der Waals surface area contributed by atoms with E-state index in [-0.39, 0.29) is 11.5 Å². The highest BCUT2D eigenvalue weighted by Crippen LogP contribution is 2.33. The van der Waals surface area contributed by atoms with Crippen LogP contribution in [0.25, 0.3) is 16.9 Å². The number of aromatic nitrogens is 3. The van der Waals surface area contributed by atoms with Crippen molar-refractivity contribution in [3.63, 3.8) is 0 Å².